The van der Waals surface area contributed by atoms with Crippen LogP contribution < -0.4 is 10.6 Å². The van der Waals surface area contributed by atoms with Crippen LogP contribution in [0.1, 0.15) is 59.5 Å². The summed E-state index contributed by atoms with van der Waals surface area (Å²) in [6.07, 6.45) is 11.0. The van der Waals surface area contributed by atoms with Gasteiger partial charge in [0, 0.05) is 49.4 Å². The molecule has 134 valence electrons. The van der Waals surface area contributed by atoms with Crippen LogP contribution in [0.2, 0.25) is 0 Å². The van der Waals surface area contributed by atoms with Crippen molar-refractivity contribution in [1.29, 1.82) is 0 Å². The molecule has 7 heteroatoms. The Morgan fingerprint density at radius 3 is 2.92 bits per heavy atom. The van der Waals surface area contributed by atoms with Crippen molar-refractivity contribution in [3.05, 3.63) is 35.0 Å². The molecule has 1 saturated carbocycles. The van der Waals surface area contributed by atoms with Crippen molar-refractivity contribution >= 4 is 5.91 Å². The van der Waals surface area contributed by atoms with Gasteiger partial charge in [-0.15, -0.1) is 0 Å². The third kappa shape index (κ3) is 3.61. The molecule has 2 aromatic heterocycles. The van der Waals surface area contributed by atoms with Crippen LogP contribution in [0.15, 0.2) is 16.9 Å². The minimum atomic E-state index is -0.0789. The van der Waals surface area contributed by atoms with E-state index in [0.717, 1.165) is 55.5 Å². The molecule has 1 amide bonds. The lowest BCUT2D eigenvalue weighted by atomic mass is 9.91. The molecule has 4 rings (SSSR count). The second-order valence-corrected chi connectivity index (χ2v) is 7.23. The number of nitrogens with one attached hydrogen (secondary N) is 2. The predicted molar refractivity (Wildman–Crippen MR) is 92.1 cm³/mol. The van der Waals surface area contributed by atoms with Crippen LogP contribution >= 0.6 is 0 Å². The van der Waals surface area contributed by atoms with E-state index in [9.17, 15) is 4.79 Å². The van der Waals surface area contributed by atoms with E-state index in [0.29, 0.717) is 17.8 Å². The van der Waals surface area contributed by atoms with Crippen LogP contribution in [0, 0.1) is 0 Å². The van der Waals surface area contributed by atoms with Crippen LogP contribution in [0.25, 0.3) is 0 Å². The van der Waals surface area contributed by atoms with Crippen molar-refractivity contribution in [3.8, 4) is 0 Å². The number of aryl methyl sites for hydroxylation is 2. The molecule has 25 heavy (non-hydrogen) atoms. The van der Waals surface area contributed by atoms with E-state index in [-0.39, 0.29) is 5.91 Å². The van der Waals surface area contributed by atoms with Gasteiger partial charge in [0.25, 0.3) is 5.91 Å². The third-order valence-electron chi connectivity index (χ3n) is 5.30. The summed E-state index contributed by atoms with van der Waals surface area (Å²) in [5.41, 5.74) is 2.62. The van der Waals surface area contributed by atoms with Gasteiger partial charge in [-0.25, -0.2) is 0 Å². The Bertz CT molecular complexity index is 744. The standard InChI is InChI=1S/C18H25N5O2/c1-23-11-12(10-20-23)9-19-14-6-7-16-15(8-14)17(22-25-16)18(24)21-13-4-2-3-5-13/h10-11,13-14,19H,2-9H2,1H3,(H,21,24). The Kier molecular flexibility index (Phi) is 4.57. The molecule has 0 radical (unpaired) electrons. The number of carbonyl (C=O) groups excluding carboxylic acids is 1. The molecule has 2 aromatic rings. The molecule has 2 aliphatic carbocycles. The molecule has 2 heterocycles. The number of rotatable bonds is 5. The van der Waals surface area contributed by atoms with Crippen LogP contribution in [-0.4, -0.2) is 32.9 Å². The first-order chi connectivity index (χ1) is 12.2. The Morgan fingerprint density at radius 1 is 1.32 bits per heavy atom. The molecule has 1 unspecified atom stereocenters. The third-order valence-corrected chi connectivity index (χ3v) is 5.30. The molecule has 2 N–H and O–H groups in total. The molecular formula is C18H25N5O2. The number of hydrogen-bond acceptors (Lipinski definition) is 5. The molecule has 0 aromatic carbocycles. The summed E-state index contributed by atoms with van der Waals surface area (Å²) in [7, 11) is 1.92. The monoisotopic (exact) mass is 343 g/mol. The highest BCUT2D eigenvalue weighted by atomic mass is 16.5. The lowest BCUT2D eigenvalue weighted by Crippen LogP contribution is -2.36. The molecular weight excluding hydrogens is 318 g/mol. The predicted octanol–water partition coefficient (Wildman–Crippen LogP) is 1.73. The van der Waals surface area contributed by atoms with Gasteiger partial charge in [-0.2, -0.15) is 5.10 Å². The quantitative estimate of drug-likeness (QED) is 0.864. The first-order valence-corrected chi connectivity index (χ1v) is 9.18. The Labute approximate surface area is 147 Å². The largest absolute Gasteiger partial charge is 0.360 e. The normalized spacial score (nSPS) is 20.6. The first kappa shape index (κ1) is 16.3. The van der Waals surface area contributed by atoms with E-state index in [4.69, 9.17) is 4.52 Å². The Morgan fingerprint density at radius 2 is 2.16 bits per heavy atom. The molecule has 0 aliphatic heterocycles. The number of amides is 1. The first-order valence-electron chi connectivity index (χ1n) is 9.18. The Balaban J connectivity index is 1.39. The summed E-state index contributed by atoms with van der Waals surface area (Å²) in [6, 6.07) is 0.619. The van der Waals surface area contributed by atoms with Crippen LogP contribution in [0.3, 0.4) is 0 Å². The van der Waals surface area contributed by atoms with Gasteiger partial charge in [-0.3, -0.25) is 9.48 Å². The van der Waals surface area contributed by atoms with Crippen LogP contribution in [0.4, 0.5) is 0 Å². The zero-order valence-corrected chi connectivity index (χ0v) is 14.6. The van der Waals surface area contributed by atoms with Gasteiger partial charge in [0.05, 0.1) is 6.20 Å². The van der Waals surface area contributed by atoms with Gasteiger partial charge < -0.3 is 15.2 Å². The van der Waals surface area contributed by atoms with Gasteiger partial charge in [-0.1, -0.05) is 18.0 Å². The van der Waals surface area contributed by atoms with E-state index in [1.807, 2.05) is 19.4 Å². The molecule has 7 nitrogen and oxygen atoms in total. The summed E-state index contributed by atoms with van der Waals surface area (Å²) in [6.45, 7) is 0.780. The van der Waals surface area contributed by atoms with Gasteiger partial charge in [0.1, 0.15) is 5.76 Å². The van der Waals surface area contributed by atoms with E-state index >= 15 is 0 Å². The summed E-state index contributed by atoms with van der Waals surface area (Å²) < 4.78 is 7.24. The van der Waals surface area contributed by atoms with Crippen LogP contribution in [-0.2, 0) is 26.4 Å². The zero-order chi connectivity index (χ0) is 17.2. The number of nitrogens with zero attached hydrogens (tertiary/aromatic N) is 3. The fraction of sp³-hybridized carbons (Fsp3) is 0.611. The average molecular weight is 343 g/mol. The van der Waals surface area contributed by atoms with Crippen molar-refractivity contribution < 1.29 is 9.32 Å². The maximum atomic E-state index is 12.6. The number of carbonyl (C=O) groups is 1. The lowest BCUT2D eigenvalue weighted by Gasteiger charge is -2.22. The summed E-state index contributed by atoms with van der Waals surface area (Å²) in [5.74, 6) is 0.792. The minimum Gasteiger partial charge on any atom is -0.360 e. The fourth-order valence-electron chi connectivity index (χ4n) is 3.91. The smallest absolute Gasteiger partial charge is 0.273 e. The van der Waals surface area contributed by atoms with Crippen molar-refractivity contribution in [3.63, 3.8) is 0 Å². The topological polar surface area (TPSA) is 85.0 Å². The lowest BCUT2D eigenvalue weighted by molar-refractivity contribution is 0.0928. The van der Waals surface area contributed by atoms with Crippen molar-refractivity contribution in [2.45, 2.75) is 63.6 Å². The van der Waals surface area contributed by atoms with Crippen LogP contribution in [0.5, 0.6) is 0 Å². The van der Waals surface area contributed by atoms with Gasteiger partial charge in [0.2, 0.25) is 0 Å². The second kappa shape index (κ2) is 7.00. The summed E-state index contributed by atoms with van der Waals surface area (Å²) in [4.78, 5) is 12.6. The molecule has 2 aliphatic rings. The van der Waals surface area contributed by atoms with E-state index < -0.39 is 0 Å². The van der Waals surface area contributed by atoms with Crippen molar-refractivity contribution in [1.82, 2.24) is 25.6 Å². The molecule has 0 spiro atoms. The molecule has 1 fully saturated rings. The van der Waals surface area contributed by atoms with Gasteiger partial charge >= 0.3 is 0 Å². The van der Waals surface area contributed by atoms with Crippen molar-refractivity contribution in [2.24, 2.45) is 7.05 Å². The molecule has 1 atom stereocenters. The maximum absolute atomic E-state index is 12.6. The SMILES string of the molecule is Cn1cc(CNC2CCc3onc(C(=O)NC4CCCC4)c3C2)cn1. The zero-order valence-electron chi connectivity index (χ0n) is 14.6. The fourth-order valence-corrected chi connectivity index (χ4v) is 3.91. The van der Waals surface area contributed by atoms with E-state index in [1.54, 1.807) is 4.68 Å². The van der Waals surface area contributed by atoms with E-state index in [2.05, 4.69) is 20.9 Å². The number of fused-ring (bicyclic) bond motifs is 1. The average Bonchev–Trinajstić information content (AvgIpc) is 3.33. The maximum Gasteiger partial charge on any atom is 0.273 e. The van der Waals surface area contributed by atoms with Crippen molar-refractivity contribution in [2.75, 3.05) is 0 Å². The van der Waals surface area contributed by atoms with Gasteiger partial charge in [-0.05, 0) is 25.7 Å². The summed E-state index contributed by atoms with van der Waals surface area (Å²) >= 11 is 0. The molecule has 0 saturated heterocycles. The molecule has 0 bridgehead atoms. The summed E-state index contributed by atoms with van der Waals surface area (Å²) in [5, 5.41) is 14.9. The highest BCUT2D eigenvalue weighted by Crippen LogP contribution is 2.26. The van der Waals surface area contributed by atoms with Gasteiger partial charge in [0.15, 0.2) is 5.69 Å². The Hall–Kier alpha value is -2.15. The number of aromatic nitrogens is 3. The highest BCUT2D eigenvalue weighted by Gasteiger charge is 2.29. The highest BCUT2D eigenvalue weighted by molar-refractivity contribution is 5.94. The number of hydrogen-bond donors (Lipinski definition) is 2. The van der Waals surface area contributed by atoms with E-state index in [1.165, 1.54) is 12.8 Å². The second-order valence-electron chi connectivity index (χ2n) is 7.23. The minimum absolute atomic E-state index is 0.0789.